The topological polar surface area (TPSA) is 80.9 Å². The predicted octanol–water partition coefficient (Wildman–Crippen LogP) is 1.56. The molecule has 0 bridgehead atoms. The Morgan fingerprint density at radius 3 is 2.94 bits per heavy atom. The Morgan fingerprint density at radius 2 is 2.35 bits per heavy atom. The first-order valence-corrected chi connectivity index (χ1v) is 5.91. The molecule has 0 atom stereocenters. The van der Waals surface area contributed by atoms with Crippen molar-refractivity contribution in [3.63, 3.8) is 0 Å². The number of hydrogen-bond acceptors (Lipinski definition) is 5. The number of primary amides is 1. The van der Waals surface area contributed by atoms with E-state index in [1.807, 2.05) is 18.4 Å². The van der Waals surface area contributed by atoms with E-state index in [-0.39, 0.29) is 0 Å². The predicted molar refractivity (Wildman–Crippen MR) is 66.9 cm³/mol. The van der Waals surface area contributed by atoms with E-state index in [4.69, 9.17) is 5.73 Å². The van der Waals surface area contributed by atoms with E-state index >= 15 is 0 Å². The number of nitrogens with two attached hydrogens (primary N) is 1. The monoisotopic (exact) mass is 248 g/mol. The van der Waals surface area contributed by atoms with Crippen molar-refractivity contribution in [3.05, 3.63) is 40.4 Å². The SMILES string of the molecule is Cc1cc(C(N)=O)ccc1NCc1csnn1. The van der Waals surface area contributed by atoms with Crippen molar-refractivity contribution in [3.8, 4) is 0 Å². The summed E-state index contributed by atoms with van der Waals surface area (Å²) in [4.78, 5) is 11.0. The van der Waals surface area contributed by atoms with Gasteiger partial charge in [-0.15, -0.1) is 5.10 Å². The maximum atomic E-state index is 11.0. The lowest BCUT2D eigenvalue weighted by atomic mass is 10.1. The third-order valence-electron chi connectivity index (χ3n) is 2.38. The smallest absolute Gasteiger partial charge is 0.248 e. The Kier molecular flexibility index (Phi) is 3.34. The van der Waals surface area contributed by atoms with Crippen LogP contribution in [0.5, 0.6) is 0 Å². The molecule has 1 amide bonds. The molecule has 0 fully saturated rings. The fourth-order valence-electron chi connectivity index (χ4n) is 1.46. The molecule has 1 heterocycles. The van der Waals surface area contributed by atoms with Gasteiger partial charge in [0.05, 0.1) is 12.2 Å². The van der Waals surface area contributed by atoms with E-state index in [0.717, 1.165) is 16.9 Å². The molecule has 2 aromatic rings. The first-order chi connectivity index (χ1) is 8.16. The van der Waals surface area contributed by atoms with E-state index in [1.54, 1.807) is 12.1 Å². The van der Waals surface area contributed by atoms with Gasteiger partial charge in [-0.25, -0.2) is 0 Å². The number of hydrogen-bond donors (Lipinski definition) is 2. The lowest BCUT2D eigenvalue weighted by molar-refractivity contribution is 0.1000. The molecule has 0 aliphatic rings. The molecule has 0 unspecified atom stereocenters. The molecule has 1 aromatic heterocycles. The van der Waals surface area contributed by atoms with Gasteiger partial charge in [0.1, 0.15) is 0 Å². The van der Waals surface area contributed by atoms with Gasteiger partial charge in [0.2, 0.25) is 5.91 Å². The molecular formula is C11H12N4OS. The first kappa shape index (κ1) is 11.5. The standard InChI is InChI=1S/C11H12N4OS/c1-7-4-8(11(12)16)2-3-10(7)13-5-9-6-17-15-14-9/h2-4,6,13H,5H2,1H3,(H2,12,16). The summed E-state index contributed by atoms with van der Waals surface area (Å²) >= 11 is 1.32. The molecular weight excluding hydrogens is 236 g/mol. The quantitative estimate of drug-likeness (QED) is 0.860. The number of benzene rings is 1. The van der Waals surface area contributed by atoms with Gasteiger partial charge in [0.25, 0.3) is 0 Å². The van der Waals surface area contributed by atoms with E-state index in [0.29, 0.717) is 12.1 Å². The normalized spacial score (nSPS) is 10.2. The molecule has 17 heavy (non-hydrogen) atoms. The van der Waals surface area contributed by atoms with Crippen LogP contribution in [-0.4, -0.2) is 15.5 Å². The minimum absolute atomic E-state index is 0.414. The fourth-order valence-corrected chi connectivity index (χ4v) is 1.91. The Balaban J connectivity index is 2.09. The Morgan fingerprint density at radius 1 is 1.53 bits per heavy atom. The Labute approximate surface area is 103 Å². The third kappa shape index (κ3) is 2.79. The number of aromatic nitrogens is 2. The average molecular weight is 248 g/mol. The highest BCUT2D eigenvalue weighted by atomic mass is 32.1. The second kappa shape index (κ2) is 4.92. The number of nitrogens with zero attached hydrogens (tertiary/aromatic N) is 2. The zero-order valence-electron chi connectivity index (χ0n) is 9.30. The zero-order chi connectivity index (χ0) is 12.3. The summed E-state index contributed by atoms with van der Waals surface area (Å²) in [5.41, 5.74) is 8.56. The van der Waals surface area contributed by atoms with Crippen LogP contribution >= 0.6 is 11.5 Å². The number of nitrogens with one attached hydrogen (secondary N) is 1. The minimum atomic E-state index is -0.414. The fraction of sp³-hybridized carbons (Fsp3) is 0.182. The van der Waals surface area contributed by atoms with Crippen molar-refractivity contribution in [2.75, 3.05) is 5.32 Å². The highest BCUT2D eigenvalue weighted by molar-refractivity contribution is 7.03. The summed E-state index contributed by atoms with van der Waals surface area (Å²) in [5.74, 6) is -0.414. The summed E-state index contributed by atoms with van der Waals surface area (Å²) < 4.78 is 3.78. The lowest BCUT2D eigenvalue weighted by Crippen LogP contribution is -2.11. The van der Waals surface area contributed by atoms with Gasteiger partial charge in [0.15, 0.2) is 0 Å². The molecule has 0 aliphatic carbocycles. The van der Waals surface area contributed by atoms with Crippen molar-refractivity contribution in [1.29, 1.82) is 0 Å². The van der Waals surface area contributed by atoms with Crippen LogP contribution in [0, 0.1) is 6.92 Å². The van der Waals surface area contributed by atoms with E-state index in [2.05, 4.69) is 14.9 Å². The molecule has 1 aromatic carbocycles. The molecule has 0 saturated heterocycles. The number of aryl methyl sites for hydroxylation is 1. The molecule has 3 N–H and O–H groups in total. The zero-order valence-corrected chi connectivity index (χ0v) is 10.1. The maximum Gasteiger partial charge on any atom is 0.248 e. The van der Waals surface area contributed by atoms with Crippen molar-refractivity contribution >= 4 is 23.1 Å². The van der Waals surface area contributed by atoms with Crippen LogP contribution in [0.2, 0.25) is 0 Å². The number of carbonyl (C=O) groups excluding carboxylic acids is 1. The van der Waals surface area contributed by atoms with Crippen LogP contribution in [0.15, 0.2) is 23.6 Å². The maximum absolute atomic E-state index is 11.0. The van der Waals surface area contributed by atoms with E-state index in [9.17, 15) is 4.79 Å². The van der Waals surface area contributed by atoms with Gasteiger partial charge in [-0.3, -0.25) is 4.79 Å². The van der Waals surface area contributed by atoms with Crippen molar-refractivity contribution in [1.82, 2.24) is 9.59 Å². The summed E-state index contributed by atoms with van der Waals surface area (Å²) in [6.45, 7) is 2.54. The van der Waals surface area contributed by atoms with Gasteiger partial charge in [0, 0.05) is 16.6 Å². The molecule has 5 nitrogen and oxygen atoms in total. The number of anilines is 1. The van der Waals surface area contributed by atoms with Crippen LogP contribution in [0.3, 0.4) is 0 Å². The van der Waals surface area contributed by atoms with Gasteiger partial charge in [-0.2, -0.15) is 0 Å². The van der Waals surface area contributed by atoms with Crippen molar-refractivity contribution in [2.45, 2.75) is 13.5 Å². The van der Waals surface area contributed by atoms with E-state index in [1.165, 1.54) is 11.5 Å². The van der Waals surface area contributed by atoms with Gasteiger partial charge in [-0.05, 0) is 42.2 Å². The first-order valence-electron chi connectivity index (χ1n) is 5.07. The Hall–Kier alpha value is -1.95. The molecule has 88 valence electrons. The Bertz CT molecular complexity index is 524. The van der Waals surface area contributed by atoms with Crippen LogP contribution in [0.25, 0.3) is 0 Å². The molecule has 2 rings (SSSR count). The summed E-state index contributed by atoms with van der Waals surface area (Å²) in [5, 5.41) is 9.06. The van der Waals surface area contributed by atoms with E-state index < -0.39 is 5.91 Å². The van der Waals surface area contributed by atoms with Crippen LogP contribution < -0.4 is 11.1 Å². The summed E-state index contributed by atoms with van der Waals surface area (Å²) in [6.07, 6.45) is 0. The molecule has 0 spiro atoms. The molecule has 0 saturated carbocycles. The molecule has 0 radical (unpaired) electrons. The van der Waals surface area contributed by atoms with Crippen LogP contribution in [0.1, 0.15) is 21.6 Å². The summed E-state index contributed by atoms with van der Waals surface area (Å²) in [6, 6.07) is 5.32. The average Bonchev–Trinajstić information content (AvgIpc) is 2.80. The second-order valence-corrected chi connectivity index (χ2v) is 4.25. The summed E-state index contributed by atoms with van der Waals surface area (Å²) in [7, 11) is 0. The van der Waals surface area contributed by atoms with Gasteiger partial charge in [-0.1, -0.05) is 4.49 Å². The third-order valence-corrected chi connectivity index (χ3v) is 2.93. The highest BCUT2D eigenvalue weighted by Crippen LogP contribution is 2.17. The lowest BCUT2D eigenvalue weighted by Gasteiger charge is -2.08. The van der Waals surface area contributed by atoms with Crippen molar-refractivity contribution in [2.24, 2.45) is 5.73 Å². The number of rotatable bonds is 4. The highest BCUT2D eigenvalue weighted by Gasteiger charge is 2.04. The number of carbonyl (C=O) groups is 1. The number of amides is 1. The molecule has 6 heteroatoms. The molecule has 0 aliphatic heterocycles. The largest absolute Gasteiger partial charge is 0.379 e. The van der Waals surface area contributed by atoms with Crippen LogP contribution in [0.4, 0.5) is 5.69 Å². The van der Waals surface area contributed by atoms with Crippen LogP contribution in [-0.2, 0) is 6.54 Å². The second-order valence-electron chi connectivity index (χ2n) is 3.64. The van der Waals surface area contributed by atoms with Crippen molar-refractivity contribution < 1.29 is 4.79 Å². The minimum Gasteiger partial charge on any atom is -0.379 e. The van der Waals surface area contributed by atoms with Gasteiger partial charge < -0.3 is 11.1 Å². The van der Waals surface area contributed by atoms with Gasteiger partial charge >= 0.3 is 0 Å².